The van der Waals surface area contributed by atoms with Crippen molar-refractivity contribution in [3.8, 4) is 6.07 Å². The van der Waals surface area contributed by atoms with E-state index in [9.17, 15) is 14.9 Å². The SMILES string of the molecule is N#C/C(=C\c1cn(CC(=O)NCC2CCCO2)c2ccccc12)C(=O)N1CCN(c2ccccc2)CC1. The monoisotopic (exact) mass is 497 g/mol. The van der Waals surface area contributed by atoms with E-state index in [1.165, 1.54) is 0 Å². The van der Waals surface area contributed by atoms with Crippen LogP contribution in [0.25, 0.3) is 17.0 Å². The third-order valence-corrected chi connectivity index (χ3v) is 7.02. The van der Waals surface area contributed by atoms with Crippen LogP contribution >= 0.6 is 0 Å². The number of amides is 2. The minimum absolute atomic E-state index is 0.0857. The van der Waals surface area contributed by atoms with Crippen molar-refractivity contribution in [3.05, 3.63) is 71.9 Å². The Morgan fingerprint density at radius 1 is 1.05 bits per heavy atom. The molecular weight excluding hydrogens is 466 g/mol. The molecule has 1 aromatic heterocycles. The van der Waals surface area contributed by atoms with Gasteiger partial charge in [0.1, 0.15) is 18.2 Å². The zero-order valence-corrected chi connectivity index (χ0v) is 20.8. The van der Waals surface area contributed by atoms with E-state index in [1.807, 2.05) is 53.2 Å². The molecule has 2 saturated heterocycles. The average Bonchev–Trinajstić information content (AvgIpc) is 3.59. The molecule has 1 N–H and O–H groups in total. The first kappa shape index (κ1) is 24.6. The van der Waals surface area contributed by atoms with Crippen LogP contribution in [0.5, 0.6) is 0 Å². The molecule has 5 rings (SSSR count). The van der Waals surface area contributed by atoms with Gasteiger partial charge in [-0.3, -0.25) is 9.59 Å². The van der Waals surface area contributed by atoms with Crippen LogP contribution in [0.3, 0.4) is 0 Å². The number of aromatic nitrogens is 1. The van der Waals surface area contributed by atoms with Gasteiger partial charge in [-0.25, -0.2) is 0 Å². The Bertz CT molecular complexity index is 1330. The summed E-state index contributed by atoms with van der Waals surface area (Å²) in [6.45, 7) is 3.96. The Hall–Kier alpha value is -4.09. The van der Waals surface area contributed by atoms with E-state index in [2.05, 4.69) is 28.4 Å². The van der Waals surface area contributed by atoms with Crippen LogP contribution in [0.15, 0.2) is 66.4 Å². The van der Waals surface area contributed by atoms with Crippen LogP contribution in [-0.4, -0.2) is 66.7 Å². The zero-order chi connectivity index (χ0) is 25.6. The molecule has 0 aliphatic carbocycles. The molecule has 2 aliphatic rings. The molecule has 1 atom stereocenters. The van der Waals surface area contributed by atoms with E-state index in [0.29, 0.717) is 19.6 Å². The molecule has 0 saturated carbocycles. The van der Waals surface area contributed by atoms with Crippen molar-refractivity contribution in [3.63, 3.8) is 0 Å². The number of fused-ring (bicyclic) bond motifs is 1. The predicted octanol–water partition coefficient (Wildman–Crippen LogP) is 3.19. The highest BCUT2D eigenvalue weighted by Crippen LogP contribution is 2.25. The number of para-hydroxylation sites is 2. The summed E-state index contributed by atoms with van der Waals surface area (Å²) < 4.78 is 7.45. The van der Waals surface area contributed by atoms with Gasteiger partial charge in [-0.05, 0) is 37.1 Å². The molecule has 1 unspecified atom stereocenters. The fourth-order valence-electron chi connectivity index (χ4n) is 5.04. The van der Waals surface area contributed by atoms with E-state index in [-0.39, 0.29) is 30.0 Å². The predicted molar refractivity (Wildman–Crippen MR) is 143 cm³/mol. The number of hydrogen-bond donors (Lipinski definition) is 1. The molecule has 3 heterocycles. The van der Waals surface area contributed by atoms with E-state index < -0.39 is 0 Å². The van der Waals surface area contributed by atoms with E-state index in [4.69, 9.17) is 4.74 Å². The molecule has 2 fully saturated rings. The number of ether oxygens (including phenoxy) is 1. The highest BCUT2D eigenvalue weighted by Gasteiger charge is 2.24. The maximum Gasteiger partial charge on any atom is 0.264 e. The van der Waals surface area contributed by atoms with Crippen LogP contribution in [0.1, 0.15) is 18.4 Å². The average molecular weight is 498 g/mol. The Labute approximate surface area is 216 Å². The van der Waals surface area contributed by atoms with Gasteiger partial charge in [0.2, 0.25) is 5.91 Å². The quantitative estimate of drug-likeness (QED) is 0.400. The molecule has 2 amide bonds. The van der Waals surface area contributed by atoms with Crippen molar-refractivity contribution in [2.45, 2.75) is 25.5 Å². The Balaban J connectivity index is 1.29. The topological polar surface area (TPSA) is 90.6 Å². The normalized spacial score (nSPS) is 18.1. The minimum Gasteiger partial charge on any atom is -0.376 e. The van der Waals surface area contributed by atoms with Gasteiger partial charge in [0.25, 0.3) is 5.91 Å². The Morgan fingerprint density at radius 2 is 1.81 bits per heavy atom. The van der Waals surface area contributed by atoms with Crippen molar-refractivity contribution < 1.29 is 14.3 Å². The number of nitriles is 1. The van der Waals surface area contributed by atoms with E-state index >= 15 is 0 Å². The van der Waals surface area contributed by atoms with Gasteiger partial charge in [-0.15, -0.1) is 0 Å². The molecule has 0 bridgehead atoms. The van der Waals surface area contributed by atoms with Gasteiger partial charge in [0.05, 0.1) is 6.10 Å². The lowest BCUT2D eigenvalue weighted by Crippen LogP contribution is -2.49. The lowest BCUT2D eigenvalue weighted by molar-refractivity contribution is -0.127. The standard InChI is InChI=1S/C29H31N5O3/c30-18-22(29(36)33-14-12-32(13-15-33)24-7-2-1-3-8-24)17-23-20-34(27-11-5-4-10-26(23)27)21-28(35)31-19-25-9-6-16-37-25/h1-5,7-8,10-11,17,20,25H,6,9,12-16,19,21H2,(H,31,35)/b22-17+. The second kappa shape index (κ2) is 11.3. The molecule has 0 radical (unpaired) electrons. The van der Waals surface area contributed by atoms with Gasteiger partial charge in [0.15, 0.2) is 0 Å². The summed E-state index contributed by atoms with van der Waals surface area (Å²) in [6, 6.07) is 20.0. The molecule has 3 aromatic rings. The number of nitrogens with one attached hydrogen (secondary N) is 1. The first-order valence-corrected chi connectivity index (χ1v) is 12.8. The molecule has 2 aliphatic heterocycles. The first-order valence-electron chi connectivity index (χ1n) is 12.8. The van der Waals surface area contributed by atoms with Crippen LogP contribution < -0.4 is 10.2 Å². The van der Waals surface area contributed by atoms with Crippen LogP contribution in [-0.2, 0) is 20.9 Å². The molecule has 8 nitrogen and oxygen atoms in total. The molecule has 190 valence electrons. The van der Waals surface area contributed by atoms with Crippen molar-refractivity contribution in [2.75, 3.05) is 44.2 Å². The van der Waals surface area contributed by atoms with Gasteiger partial charge in [-0.1, -0.05) is 36.4 Å². The summed E-state index contributed by atoms with van der Waals surface area (Å²) in [6.07, 6.45) is 5.57. The van der Waals surface area contributed by atoms with Crippen LogP contribution in [0.4, 0.5) is 5.69 Å². The summed E-state index contributed by atoms with van der Waals surface area (Å²) >= 11 is 0. The fraction of sp³-hybridized carbons (Fsp3) is 0.345. The summed E-state index contributed by atoms with van der Waals surface area (Å²) in [5.41, 5.74) is 2.86. The van der Waals surface area contributed by atoms with Gasteiger partial charge in [0, 0.05) is 67.7 Å². The zero-order valence-electron chi connectivity index (χ0n) is 20.8. The van der Waals surface area contributed by atoms with Gasteiger partial charge >= 0.3 is 0 Å². The number of carbonyl (C=O) groups is 2. The first-order chi connectivity index (χ1) is 18.1. The number of hydrogen-bond acceptors (Lipinski definition) is 5. The van der Waals surface area contributed by atoms with E-state index in [0.717, 1.165) is 54.7 Å². The number of benzene rings is 2. The van der Waals surface area contributed by atoms with E-state index in [1.54, 1.807) is 11.0 Å². The molecule has 37 heavy (non-hydrogen) atoms. The highest BCUT2D eigenvalue weighted by atomic mass is 16.5. The van der Waals surface area contributed by atoms with Crippen LogP contribution in [0.2, 0.25) is 0 Å². The lowest BCUT2D eigenvalue weighted by Gasteiger charge is -2.36. The fourth-order valence-corrected chi connectivity index (χ4v) is 5.04. The Kier molecular flexibility index (Phi) is 7.52. The number of rotatable bonds is 7. The largest absolute Gasteiger partial charge is 0.376 e. The summed E-state index contributed by atoms with van der Waals surface area (Å²) in [5, 5.41) is 13.7. The summed E-state index contributed by atoms with van der Waals surface area (Å²) in [7, 11) is 0. The third-order valence-electron chi connectivity index (χ3n) is 7.02. The molecule has 2 aromatic carbocycles. The van der Waals surface area contributed by atoms with Crippen molar-refractivity contribution in [2.24, 2.45) is 0 Å². The minimum atomic E-state index is -0.263. The maximum atomic E-state index is 13.2. The third kappa shape index (κ3) is 5.68. The van der Waals surface area contributed by atoms with Crippen molar-refractivity contribution in [1.82, 2.24) is 14.8 Å². The second-order valence-corrected chi connectivity index (χ2v) is 9.45. The maximum absolute atomic E-state index is 13.2. The molecule has 8 heteroatoms. The number of piperazine rings is 1. The highest BCUT2D eigenvalue weighted by molar-refractivity contribution is 6.04. The number of carbonyl (C=O) groups excluding carboxylic acids is 2. The van der Waals surface area contributed by atoms with Crippen LogP contribution in [0, 0.1) is 11.3 Å². The number of anilines is 1. The smallest absolute Gasteiger partial charge is 0.264 e. The number of nitrogens with zero attached hydrogens (tertiary/aromatic N) is 4. The Morgan fingerprint density at radius 3 is 2.54 bits per heavy atom. The molecule has 0 spiro atoms. The van der Waals surface area contributed by atoms with Gasteiger partial charge < -0.3 is 24.4 Å². The summed E-state index contributed by atoms with van der Waals surface area (Å²) in [5.74, 6) is -0.360. The second-order valence-electron chi connectivity index (χ2n) is 9.45. The lowest BCUT2D eigenvalue weighted by atomic mass is 10.1. The van der Waals surface area contributed by atoms with Gasteiger partial charge in [-0.2, -0.15) is 5.26 Å². The summed E-state index contributed by atoms with van der Waals surface area (Å²) in [4.78, 5) is 29.9. The van der Waals surface area contributed by atoms with Crippen molar-refractivity contribution in [1.29, 1.82) is 5.26 Å². The molecular formula is C29H31N5O3. The van der Waals surface area contributed by atoms with Crippen molar-refractivity contribution >= 4 is 34.5 Å².